The molecule has 25 heavy (non-hydrogen) atoms. The number of hydrogen-bond acceptors (Lipinski definition) is 6. The summed E-state index contributed by atoms with van der Waals surface area (Å²) in [6.45, 7) is 2.03. The van der Waals surface area contributed by atoms with E-state index < -0.39 is 0 Å². The summed E-state index contributed by atoms with van der Waals surface area (Å²) >= 11 is 1.44. The van der Waals surface area contributed by atoms with Gasteiger partial charge in [0.05, 0.1) is 0 Å². The fourth-order valence-corrected chi connectivity index (χ4v) is 2.86. The van der Waals surface area contributed by atoms with Crippen molar-refractivity contribution in [2.24, 2.45) is 0 Å². The van der Waals surface area contributed by atoms with Crippen LogP contribution >= 0.6 is 11.8 Å². The van der Waals surface area contributed by atoms with E-state index in [4.69, 9.17) is 5.73 Å². The minimum atomic E-state index is -0.272. The molecule has 126 valence electrons. The highest BCUT2D eigenvalue weighted by molar-refractivity contribution is 7.99. The number of nitrogens with one attached hydrogen (secondary N) is 2. The van der Waals surface area contributed by atoms with E-state index in [1.807, 2.05) is 37.3 Å². The molecule has 0 spiro atoms. The molecule has 0 saturated heterocycles. The van der Waals surface area contributed by atoms with Crippen molar-refractivity contribution in [3.05, 3.63) is 72.1 Å². The number of nitrogens with two attached hydrogens (primary N) is 1. The van der Waals surface area contributed by atoms with Crippen LogP contribution in [0.1, 0.15) is 15.9 Å². The first-order chi connectivity index (χ1) is 12.1. The third kappa shape index (κ3) is 4.27. The zero-order chi connectivity index (χ0) is 17.6. The average Bonchev–Trinajstić information content (AvgIpc) is 2.64. The topological polar surface area (TPSA) is 92.9 Å². The van der Waals surface area contributed by atoms with Crippen LogP contribution in [0.25, 0.3) is 0 Å². The molecular formula is C18H17N5OS. The lowest BCUT2D eigenvalue weighted by atomic mass is 10.2. The zero-order valence-corrected chi connectivity index (χ0v) is 14.4. The van der Waals surface area contributed by atoms with E-state index in [2.05, 4.69) is 20.8 Å². The minimum Gasteiger partial charge on any atom is -0.393 e. The first kappa shape index (κ1) is 16.8. The first-order valence-electron chi connectivity index (χ1n) is 7.60. The smallest absolute Gasteiger partial charge is 0.269 e. The molecule has 0 bridgehead atoms. The van der Waals surface area contributed by atoms with E-state index in [9.17, 15) is 4.79 Å². The lowest BCUT2D eigenvalue weighted by Crippen LogP contribution is -2.30. The number of benzene rings is 2. The molecule has 0 aliphatic heterocycles. The molecule has 0 aliphatic rings. The number of carbonyl (C=O) groups excluding carboxylic acids is 1. The Morgan fingerprint density at radius 1 is 1.04 bits per heavy atom. The molecule has 2 aromatic carbocycles. The molecule has 0 radical (unpaired) electrons. The van der Waals surface area contributed by atoms with Gasteiger partial charge >= 0.3 is 0 Å². The quantitative estimate of drug-likeness (QED) is 0.482. The number of carbonyl (C=O) groups is 1. The lowest BCUT2D eigenvalue weighted by molar-refractivity contribution is 0.0962. The molecule has 0 atom stereocenters. The Morgan fingerprint density at radius 3 is 2.48 bits per heavy atom. The number of aromatic nitrogens is 2. The Bertz CT molecular complexity index is 868. The van der Waals surface area contributed by atoms with Crippen molar-refractivity contribution in [3.8, 4) is 0 Å². The number of hydrogen-bond donors (Lipinski definition) is 3. The van der Waals surface area contributed by atoms with Crippen LogP contribution < -0.4 is 16.6 Å². The summed E-state index contributed by atoms with van der Waals surface area (Å²) in [7, 11) is 0. The largest absolute Gasteiger partial charge is 0.393 e. The van der Waals surface area contributed by atoms with Crippen molar-refractivity contribution in [2.75, 3.05) is 11.2 Å². The maximum absolute atomic E-state index is 12.1. The normalized spacial score (nSPS) is 10.3. The second-order valence-corrected chi connectivity index (χ2v) is 6.36. The van der Waals surface area contributed by atoms with Gasteiger partial charge in [0.25, 0.3) is 5.91 Å². The Hall–Kier alpha value is -3.06. The van der Waals surface area contributed by atoms with E-state index in [-0.39, 0.29) is 5.91 Å². The highest BCUT2D eigenvalue weighted by Crippen LogP contribution is 2.32. The SMILES string of the molecule is Cc1ccc(Sc2ncnc(NNC(=O)c3ccccc3)c2N)cc1. The van der Waals surface area contributed by atoms with E-state index in [1.54, 1.807) is 24.3 Å². The predicted octanol–water partition coefficient (Wildman–Crippen LogP) is 3.28. The Kier molecular flexibility index (Phi) is 5.15. The number of hydrazine groups is 1. The average molecular weight is 351 g/mol. The van der Waals surface area contributed by atoms with Crippen LogP contribution in [0, 0.1) is 6.92 Å². The van der Waals surface area contributed by atoms with Gasteiger partial charge in [0.15, 0.2) is 5.82 Å². The number of amides is 1. The van der Waals surface area contributed by atoms with Crippen molar-refractivity contribution in [3.63, 3.8) is 0 Å². The Labute approximate surface area is 149 Å². The van der Waals surface area contributed by atoms with E-state index in [1.165, 1.54) is 23.7 Å². The van der Waals surface area contributed by atoms with Gasteiger partial charge in [-0.15, -0.1) is 0 Å². The predicted molar refractivity (Wildman–Crippen MR) is 99.3 cm³/mol. The Balaban J connectivity index is 1.70. The lowest BCUT2D eigenvalue weighted by Gasteiger charge is -2.12. The summed E-state index contributed by atoms with van der Waals surface area (Å²) in [4.78, 5) is 21.4. The molecular weight excluding hydrogens is 334 g/mol. The van der Waals surface area contributed by atoms with Gasteiger partial charge in [-0.3, -0.25) is 15.6 Å². The maximum Gasteiger partial charge on any atom is 0.269 e. The van der Waals surface area contributed by atoms with Crippen LogP contribution in [0.2, 0.25) is 0 Å². The van der Waals surface area contributed by atoms with Gasteiger partial charge in [-0.25, -0.2) is 9.97 Å². The van der Waals surface area contributed by atoms with Gasteiger partial charge in [0.1, 0.15) is 17.0 Å². The van der Waals surface area contributed by atoms with Gasteiger partial charge in [0, 0.05) is 10.5 Å². The van der Waals surface area contributed by atoms with Crippen LogP contribution in [-0.4, -0.2) is 15.9 Å². The van der Waals surface area contributed by atoms with Gasteiger partial charge in [-0.05, 0) is 31.2 Å². The third-order valence-corrected chi connectivity index (χ3v) is 4.44. The third-order valence-electron chi connectivity index (χ3n) is 3.41. The van der Waals surface area contributed by atoms with Crippen LogP contribution in [0.3, 0.4) is 0 Å². The van der Waals surface area contributed by atoms with Gasteiger partial charge in [-0.1, -0.05) is 47.7 Å². The zero-order valence-electron chi connectivity index (χ0n) is 13.6. The molecule has 1 amide bonds. The van der Waals surface area contributed by atoms with Crippen LogP contribution in [-0.2, 0) is 0 Å². The summed E-state index contributed by atoms with van der Waals surface area (Å²) in [6.07, 6.45) is 1.41. The van der Waals surface area contributed by atoms with E-state index >= 15 is 0 Å². The summed E-state index contributed by atoms with van der Waals surface area (Å²) in [5.74, 6) is 0.0836. The van der Waals surface area contributed by atoms with Crippen molar-refractivity contribution in [1.82, 2.24) is 15.4 Å². The number of rotatable bonds is 5. The van der Waals surface area contributed by atoms with Crippen molar-refractivity contribution in [1.29, 1.82) is 0 Å². The molecule has 7 heteroatoms. The van der Waals surface area contributed by atoms with Gasteiger partial charge in [0.2, 0.25) is 0 Å². The van der Waals surface area contributed by atoms with E-state index in [0.29, 0.717) is 22.1 Å². The molecule has 4 N–H and O–H groups in total. The summed E-state index contributed by atoms with van der Waals surface area (Å²) in [5, 5.41) is 0.621. The molecule has 3 rings (SSSR count). The van der Waals surface area contributed by atoms with Crippen LogP contribution in [0.5, 0.6) is 0 Å². The van der Waals surface area contributed by atoms with Crippen molar-refractivity contribution >= 4 is 29.2 Å². The van der Waals surface area contributed by atoms with Gasteiger partial charge < -0.3 is 5.73 Å². The number of nitrogens with zero attached hydrogens (tertiary/aromatic N) is 2. The van der Waals surface area contributed by atoms with Crippen molar-refractivity contribution in [2.45, 2.75) is 16.8 Å². The minimum absolute atomic E-state index is 0.272. The standard InChI is InChI=1S/C18H17N5OS/c1-12-7-9-14(10-8-12)25-18-15(19)16(20-11-21-18)22-23-17(24)13-5-3-2-4-6-13/h2-11H,19H2,1H3,(H,23,24)(H,20,21,22). The monoisotopic (exact) mass is 351 g/mol. The first-order valence-corrected chi connectivity index (χ1v) is 8.41. The summed E-state index contributed by atoms with van der Waals surface area (Å²) in [6, 6.07) is 16.9. The molecule has 3 aromatic rings. The molecule has 1 heterocycles. The van der Waals surface area contributed by atoms with E-state index in [0.717, 1.165) is 4.90 Å². The molecule has 0 fully saturated rings. The van der Waals surface area contributed by atoms with Gasteiger partial charge in [-0.2, -0.15) is 0 Å². The second-order valence-electron chi connectivity index (χ2n) is 5.30. The molecule has 0 aliphatic carbocycles. The maximum atomic E-state index is 12.1. The molecule has 0 unspecified atom stereocenters. The highest BCUT2D eigenvalue weighted by atomic mass is 32.2. The summed E-state index contributed by atoms with van der Waals surface area (Å²) in [5.41, 5.74) is 13.6. The molecule has 0 saturated carbocycles. The van der Waals surface area contributed by atoms with Crippen molar-refractivity contribution < 1.29 is 4.79 Å². The number of aryl methyl sites for hydroxylation is 1. The number of anilines is 2. The molecule has 1 aromatic heterocycles. The summed E-state index contributed by atoms with van der Waals surface area (Å²) < 4.78 is 0. The van der Waals surface area contributed by atoms with Crippen LogP contribution in [0.4, 0.5) is 11.5 Å². The fraction of sp³-hybridized carbons (Fsp3) is 0.0556. The van der Waals surface area contributed by atoms with Crippen LogP contribution in [0.15, 0.2) is 70.8 Å². The highest BCUT2D eigenvalue weighted by Gasteiger charge is 2.11. The molecule has 6 nitrogen and oxygen atoms in total. The Morgan fingerprint density at radius 2 is 1.76 bits per heavy atom. The number of nitrogen functional groups attached to an aromatic ring is 1. The fourth-order valence-electron chi connectivity index (χ4n) is 2.06. The second kappa shape index (κ2) is 7.67.